The summed E-state index contributed by atoms with van der Waals surface area (Å²) in [5.74, 6) is -1.48. The third-order valence-corrected chi connectivity index (χ3v) is 3.79. The molecular formula is C13H11F2NOS. The SMILES string of the molecule is NCc1ccc([S@@+]([O-])c2cc(F)cc(F)c2)cc1. The Morgan fingerprint density at radius 2 is 1.50 bits per heavy atom. The highest BCUT2D eigenvalue weighted by molar-refractivity contribution is 7.91. The Labute approximate surface area is 107 Å². The zero-order valence-electron chi connectivity index (χ0n) is 9.40. The summed E-state index contributed by atoms with van der Waals surface area (Å²) in [5, 5.41) is 0. The van der Waals surface area contributed by atoms with Crippen molar-refractivity contribution in [1.82, 2.24) is 0 Å². The van der Waals surface area contributed by atoms with E-state index >= 15 is 0 Å². The molecule has 0 saturated heterocycles. The molecular weight excluding hydrogens is 256 g/mol. The number of benzene rings is 2. The summed E-state index contributed by atoms with van der Waals surface area (Å²) in [7, 11) is 0. The van der Waals surface area contributed by atoms with Gasteiger partial charge in [0.05, 0.1) is 0 Å². The molecule has 0 saturated carbocycles. The lowest BCUT2D eigenvalue weighted by atomic mass is 10.2. The lowest BCUT2D eigenvalue weighted by Gasteiger charge is -2.10. The summed E-state index contributed by atoms with van der Waals surface area (Å²) in [4.78, 5) is 0.588. The largest absolute Gasteiger partial charge is 0.606 e. The second-order valence-corrected chi connectivity index (χ2v) is 5.20. The van der Waals surface area contributed by atoms with Gasteiger partial charge in [-0.2, -0.15) is 0 Å². The molecule has 5 heteroatoms. The number of hydrogen-bond donors (Lipinski definition) is 1. The average molecular weight is 267 g/mol. The number of nitrogens with two attached hydrogens (primary N) is 1. The number of halogens is 2. The summed E-state index contributed by atoms with van der Waals surface area (Å²) in [5.41, 5.74) is 6.36. The van der Waals surface area contributed by atoms with Crippen LogP contribution in [-0.4, -0.2) is 4.55 Å². The van der Waals surface area contributed by atoms with Crippen LogP contribution in [0.4, 0.5) is 8.78 Å². The van der Waals surface area contributed by atoms with Crippen LogP contribution in [0.3, 0.4) is 0 Å². The fraction of sp³-hybridized carbons (Fsp3) is 0.0769. The fourth-order valence-electron chi connectivity index (χ4n) is 1.52. The van der Waals surface area contributed by atoms with Gasteiger partial charge in [-0.05, 0) is 17.7 Å². The van der Waals surface area contributed by atoms with E-state index in [0.29, 0.717) is 11.4 Å². The smallest absolute Gasteiger partial charge is 0.164 e. The van der Waals surface area contributed by atoms with Gasteiger partial charge in [-0.25, -0.2) is 8.78 Å². The molecule has 2 aromatic carbocycles. The molecule has 94 valence electrons. The van der Waals surface area contributed by atoms with Crippen LogP contribution in [0.15, 0.2) is 52.3 Å². The van der Waals surface area contributed by atoms with Crippen LogP contribution in [0.5, 0.6) is 0 Å². The molecule has 2 aromatic rings. The van der Waals surface area contributed by atoms with Crippen LogP contribution >= 0.6 is 0 Å². The van der Waals surface area contributed by atoms with Gasteiger partial charge in [-0.1, -0.05) is 12.1 Å². The van der Waals surface area contributed by atoms with E-state index in [2.05, 4.69) is 0 Å². The first kappa shape index (κ1) is 13.0. The quantitative estimate of drug-likeness (QED) is 0.869. The lowest BCUT2D eigenvalue weighted by Crippen LogP contribution is -2.04. The van der Waals surface area contributed by atoms with E-state index < -0.39 is 22.8 Å². The molecule has 2 rings (SSSR count). The summed E-state index contributed by atoms with van der Waals surface area (Å²) < 4.78 is 38.2. The summed E-state index contributed by atoms with van der Waals surface area (Å²) in [6, 6.07) is 9.64. The lowest BCUT2D eigenvalue weighted by molar-refractivity contribution is 0.567. The van der Waals surface area contributed by atoms with Gasteiger partial charge in [0.25, 0.3) is 0 Å². The maximum Gasteiger partial charge on any atom is 0.164 e. The van der Waals surface area contributed by atoms with Crippen molar-refractivity contribution in [2.75, 3.05) is 0 Å². The minimum atomic E-state index is -1.60. The van der Waals surface area contributed by atoms with Gasteiger partial charge in [0.1, 0.15) is 11.6 Å². The highest BCUT2D eigenvalue weighted by atomic mass is 32.2. The molecule has 0 amide bonds. The maximum absolute atomic E-state index is 13.0. The maximum atomic E-state index is 13.0. The van der Waals surface area contributed by atoms with Gasteiger partial charge >= 0.3 is 0 Å². The second-order valence-electron chi connectivity index (χ2n) is 3.72. The molecule has 0 aliphatic carbocycles. The van der Waals surface area contributed by atoms with E-state index in [-0.39, 0.29) is 4.90 Å². The summed E-state index contributed by atoms with van der Waals surface area (Å²) in [6.45, 7) is 0.390. The highest BCUT2D eigenvalue weighted by Crippen LogP contribution is 2.22. The van der Waals surface area contributed by atoms with Crippen LogP contribution in [-0.2, 0) is 17.7 Å². The van der Waals surface area contributed by atoms with E-state index in [1.807, 2.05) is 0 Å². The zero-order valence-corrected chi connectivity index (χ0v) is 10.2. The molecule has 1 atom stereocenters. The zero-order chi connectivity index (χ0) is 13.1. The molecule has 0 fully saturated rings. The van der Waals surface area contributed by atoms with Crippen molar-refractivity contribution in [3.63, 3.8) is 0 Å². The summed E-state index contributed by atoms with van der Waals surface area (Å²) >= 11 is -1.60. The molecule has 0 aliphatic rings. The normalized spacial score (nSPS) is 12.4. The molecule has 18 heavy (non-hydrogen) atoms. The molecule has 0 spiro atoms. The predicted molar refractivity (Wildman–Crippen MR) is 65.4 cm³/mol. The third-order valence-electron chi connectivity index (χ3n) is 2.42. The van der Waals surface area contributed by atoms with Crippen molar-refractivity contribution in [2.24, 2.45) is 5.73 Å². The molecule has 2 N–H and O–H groups in total. The van der Waals surface area contributed by atoms with Gasteiger partial charge in [-0.15, -0.1) is 0 Å². The van der Waals surface area contributed by atoms with Gasteiger partial charge in [-0.3, -0.25) is 0 Å². The average Bonchev–Trinajstić information content (AvgIpc) is 2.37. The molecule has 0 heterocycles. The van der Waals surface area contributed by atoms with Gasteiger partial charge < -0.3 is 10.3 Å². The van der Waals surface area contributed by atoms with Crippen molar-refractivity contribution >= 4 is 11.2 Å². The third kappa shape index (κ3) is 2.87. The first-order chi connectivity index (χ1) is 8.60. The molecule has 0 aliphatic heterocycles. The first-order valence-corrected chi connectivity index (χ1v) is 6.42. The van der Waals surface area contributed by atoms with Gasteiger partial charge in [0.15, 0.2) is 9.79 Å². The Kier molecular flexibility index (Phi) is 3.96. The minimum absolute atomic E-state index is 0.105. The van der Waals surface area contributed by atoms with Crippen molar-refractivity contribution in [3.05, 3.63) is 59.7 Å². The Bertz CT molecular complexity index is 525. The van der Waals surface area contributed by atoms with E-state index in [1.165, 1.54) is 0 Å². The molecule has 0 bridgehead atoms. The van der Waals surface area contributed by atoms with Gasteiger partial charge in [0, 0.05) is 35.9 Å². The van der Waals surface area contributed by atoms with E-state index in [4.69, 9.17) is 5.73 Å². The molecule has 0 radical (unpaired) electrons. The van der Waals surface area contributed by atoms with Crippen LogP contribution in [0.25, 0.3) is 0 Å². The summed E-state index contributed by atoms with van der Waals surface area (Å²) in [6.07, 6.45) is 0. The standard InChI is InChI=1S/C13H11F2NOS/c14-10-5-11(15)7-13(6-10)18(17)12-3-1-9(8-16)2-4-12/h1-7H,8,16H2/t18-/m1/s1. The Hall–Kier alpha value is -1.43. The van der Waals surface area contributed by atoms with Gasteiger partial charge in [0.2, 0.25) is 0 Å². The van der Waals surface area contributed by atoms with Crippen molar-refractivity contribution in [3.8, 4) is 0 Å². The van der Waals surface area contributed by atoms with E-state index in [9.17, 15) is 13.3 Å². The first-order valence-electron chi connectivity index (χ1n) is 5.27. The van der Waals surface area contributed by atoms with Crippen LogP contribution < -0.4 is 5.73 Å². The second kappa shape index (κ2) is 5.48. The molecule has 2 nitrogen and oxygen atoms in total. The van der Waals surface area contributed by atoms with Crippen molar-refractivity contribution < 1.29 is 13.3 Å². The van der Waals surface area contributed by atoms with Crippen LogP contribution in [0.2, 0.25) is 0 Å². The van der Waals surface area contributed by atoms with E-state index in [1.54, 1.807) is 24.3 Å². The highest BCUT2D eigenvalue weighted by Gasteiger charge is 2.16. The Balaban J connectivity index is 2.31. The predicted octanol–water partition coefficient (Wildman–Crippen LogP) is 2.59. The van der Waals surface area contributed by atoms with Crippen molar-refractivity contribution in [1.29, 1.82) is 0 Å². The monoisotopic (exact) mass is 267 g/mol. The Morgan fingerprint density at radius 1 is 0.944 bits per heavy atom. The minimum Gasteiger partial charge on any atom is -0.606 e. The number of rotatable bonds is 3. The Morgan fingerprint density at radius 3 is 2.00 bits per heavy atom. The topological polar surface area (TPSA) is 49.1 Å². The molecule has 0 unspecified atom stereocenters. The fourth-order valence-corrected chi connectivity index (χ4v) is 2.62. The van der Waals surface area contributed by atoms with E-state index in [0.717, 1.165) is 23.8 Å². The number of hydrogen-bond acceptors (Lipinski definition) is 2. The van der Waals surface area contributed by atoms with Crippen LogP contribution in [0, 0.1) is 11.6 Å². The molecule has 0 aromatic heterocycles. The van der Waals surface area contributed by atoms with Crippen LogP contribution in [0.1, 0.15) is 5.56 Å². The van der Waals surface area contributed by atoms with Crippen molar-refractivity contribution in [2.45, 2.75) is 16.3 Å².